The molecule has 0 saturated heterocycles. The third kappa shape index (κ3) is 3.96. The highest BCUT2D eigenvalue weighted by molar-refractivity contribution is 6.02. The van der Waals surface area contributed by atoms with Gasteiger partial charge < -0.3 is 4.57 Å². The van der Waals surface area contributed by atoms with E-state index in [4.69, 9.17) is 15.0 Å². The van der Waals surface area contributed by atoms with E-state index in [-0.39, 0.29) is 0 Å². The monoisotopic (exact) mass is 372 g/mol. The van der Waals surface area contributed by atoms with Gasteiger partial charge in [-0.05, 0) is 63.8 Å². The molecule has 1 aromatic heterocycles. The summed E-state index contributed by atoms with van der Waals surface area (Å²) in [5, 5.41) is 0. The Morgan fingerprint density at radius 3 is 1.64 bits per heavy atom. The van der Waals surface area contributed by atoms with Crippen molar-refractivity contribution in [2.75, 3.05) is 0 Å². The predicted molar refractivity (Wildman–Crippen MR) is 119 cm³/mol. The number of aryl methyl sites for hydroxylation is 5. The molecule has 1 heterocycles. The Kier molecular flexibility index (Phi) is 5.59. The first-order valence-electron chi connectivity index (χ1n) is 9.55. The maximum absolute atomic E-state index is 4.87. The number of aliphatic imine (C=N–C) groups is 2. The van der Waals surface area contributed by atoms with E-state index in [9.17, 15) is 0 Å². The first-order valence-corrected chi connectivity index (χ1v) is 9.55. The minimum atomic E-state index is 0.855. The lowest BCUT2D eigenvalue weighted by atomic mass is 10.1. The van der Waals surface area contributed by atoms with E-state index < -0.39 is 0 Å². The Balaban J connectivity index is 1.99. The summed E-state index contributed by atoms with van der Waals surface area (Å²) in [7, 11) is 2.00. The minimum Gasteiger partial charge on any atom is -0.332 e. The van der Waals surface area contributed by atoms with Crippen LogP contribution in [0.2, 0.25) is 0 Å². The van der Waals surface area contributed by atoms with E-state index in [1.807, 2.05) is 31.7 Å². The molecule has 0 amide bonds. The molecule has 0 spiro atoms. The van der Waals surface area contributed by atoms with Gasteiger partial charge in [-0.3, -0.25) is 4.99 Å². The van der Waals surface area contributed by atoms with Gasteiger partial charge in [0.15, 0.2) is 5.82 Å². The zero-order chi connectivity index (χ0) is 20.4. The van der Waals surface area contributed by atoms with E-state index in [0.29, 0.717) is 0 Å². The number of hydrogen-bond acceptors (Lipinski definition) is 3. The van der Waals surface area contributed by atoms with Gasteiger partial charge in [-0.2, -0.15) is 0 Å². The first kappa shape index (κ1) is 19.7. The van der Waals surface area contributed by atoms with Gasteiger partial charge in [-0.1, -0.05) is 36.4 Å². The van der Waals surface area contributed by atoms with Crippen molar-refractivity contribution >= 4 is 22.8 Å². The van der Waals surface area contributed by atoms with Crippen molar-refractivity contribution in [2.24, 2.45) is 17.0 Å². The molecule has 2 aromatic carbocycles. The molecule has 0 atom stereocenters. The van der Waals surface area contributed by atoms with Crippen LogP contribution in [0.4, 0.5) is 11.4 Å². The fraction of sp³-hybridized carbons (Fsp3) is 0.292. The summed E-state index contributed by atoms with van der Waals surface area (Å²) >= 11 is 0. The SMILES string of the molecule is CC(=Nc1c(C)cccc1C)c1cn(C)c(C(C)=Nc2c(C)cccc2C)n1. The van der Waals surface area contributed by atoms with Crippen molar-refractivity contribution < 1.29 is 0 Å². The second kappa shape index (κ2) is 7.93. The molecule has 3 aromatic rings. The lowest BCUT2D eigenvalue weighted by molar-refractivity contribution is 0.896. The number of para-hydroxylation sites is 2. The molecule has 4 nitrogen and oxygen atoms in total. The summed E-state index contributed by atoms with van der Waals surface area (Å²) in [5.74, 6) is 0.855. The van der Waals surface area contributed by atoms with Gasteiger partial charge in [-0.15, -0.1) is 0 Å². The summed E-state index contributed by atoms with van der Waals surface area (Å²) < 4.78 is 2.02. The lowest BCUT2D eigenvalue weighted by Gasteiger charge is -2.06. The van der Waals surface area contributed by atoms with Crippen LogP contribution in [0.25, 0.3) is 0 Å². The Hall–Kier alpha value is -3.01. The molecule has 0 aliphatic heterocycles. The summed E-state index contributed by atoms with van der Waals surface area (Å²) in [6.07, 6.45) is 2.02. The molecular formula is C24H28N4. The molecule has 0 bridgehead atoms. The van der Waals surface area contributed by atoms with Crippen LogP contribution in [0, 0.1) is 27.7 Å². The Bertz CT molecular complexity index is 1040. The third-order valence-electron chi connectivity index (χ3n) is 5.01. The Morgan fingerprint density at radius 1 is 0.750 bits per heavy atom. The highest BCUT2D eigenvalue weighted by Crippen LogP contribution is 2.25. The van der Waals surface area contributed by atoms with Crippen LogP contribution >= 0.6 is 0 Å². The van der Waals surface area contributed by atoms with Crippen LogP contribution in [-0.2, 0) is 7.05 Å². The summed E-state index contributed by atoms with van der Waals surface area (Å²) in [5.41, 5.74) is 9.38. The quantitative estimate of drug-likeness (QED) is 0.523. The summed E-state index contributed by atoms with van der Waals surface area (Å²) in [6, 6.07) is 12.5. The second-order valence-corrected chi connectivity index (χ2v) is 7.44. The topological polar surface area (TPSA) is 42.5 Å². The van der Waals surface area contributed by atoms with Crippen molar-refractivity contribution in [1.82, 2.24) is 9.55 Å². The molecule has 0 saturated carbocycles. The van der Waals surface area contributed by atoms with Crippen molar-refractivity contribution in [2.45, 2.75) is 41.5 Å². The molecule has 0 aliphatic carbocycles. The zero-order valence-corrected chi connectivity index (χ0v) is 17.8. The van der Waals surface area contributed by atoms with E-state index >= 15 is 0 Å². The first-order chi connectivity index (χ1) is 13.3. The Morgan fingerprint density at radius 2 is 1.18 bits per heavy atom. The van der Waals surface area contributed by atoms with Gasteiger partial charge >= 0.3 is 0 Å². The van der Waals surface area contributed by atoms with E-state index in [2.05, 4.69) is 64.1 Å². The molecule has 0 aliphatic rings. The number of hydrogen-bond donors (Lipinski definition) is 0. The maximum atomic E-state index is 4.87. The normalized spacial score (nSPS) is 12.5. The highest BCUT2D eigenvalue weighted by Gasteiger charge is 2.12. The van der Waals surface area contributed by atoms with Gasteiger partial charge in [0, 0.05) is 13.2 Å². The maximum Gasteiger partial charge on any atom is 0.154 e. The minimum absolute atomic E-state index is 0.855. The fourth-order valence-corrected chi connectivity index (χ4v) is 3.38. The van der Waals surface area contributed by atoms with E-state index in [1.165, 1.54) is 22.3 Å². The van der Waals surface area contributed by atoms with Crippen LogP contribution < -0.4 is 0 Å². The summed E-state index contributed by atoms with van der Waals surface area (Å²) in [4.78, 5) is 14.5. The molecule has 144 valence electrons. The average Bonchev–Trinajstić information content (AvgIpc) is 3.03. The molecule has 0 N–H and O–H groups in total. The number of aromatic nitrogens is 2. The number of nitrogens with zero attached hydrogens (tertiary/aromatic N) is 4. The van der Waals surface area contributed by atoms with Crippen LogP contribution in [0.5, 0.6) is 0 Å². The second-order valence-electron chi connectivity index (χ2n) is 7.44. The van der Waals surface area contributed by atoms with Gasteiger partial charge in [0.2, 0.25) is 0 Å². The fourth-order valence-electron chi connectivity index (χ4n) is 3.38. The molecule has 0 fully saturated rings. The summed E-state index contributed by atoms with van der Waals surface area (Å²) in [6.45, 7) is 12.4. The van der Waals surface area contributed by atoms with Crippen LogP contribution in [0.15, 0.2) is 52.6 Å². The van der Waals surface area contributed by atoms with Crippen LogP contribution in [0.3, 0.4) is 0 Å². The lowest BCUT2D eigenvalue weighted by Crippen LogP contribution is -2.04. The number of benzene rings is 2. The standard InChI is InChI=1S/C24H28N4/c1-15-10-8-11-16(2)22(15)25-19(5)21-14-28(7)24(27-21)20(6)26-23-17(3)12-9-13-18(23)4/h8-14H,1-7H3. The smallest absolute Gasteiger partial charge is 0.154 e. The molecule has 4 heteroatoms. The van der Waals surface area contributed by atoms with Crippen molar-refractivity contribution in [3.05, 3.63) is 76.4 Å². The van der Waals surface area contributed by atoms with Crippen molar-refractivity contribution in [3.63, 3.8) is 0 Å². The zero-order valence-electron chi connectivity index (χ0n) is 17.8. The van der Waals surface area contributed by atoms with E-state index in [0.717, 1.165) is 34.3 Å². The van der Waals surface area contributed by atoms with E-state index in [1.54, 1.807) is 0 Å². The molecule has 28 heavy (non-hydrogen) atoms. The highest BCUT2D eigenvalue weighted by atomic mass is 15.1. The number of rotatable bonds is 4. The predicted octanol–water partition coefficient (Wildman–Crippen LogP) is 5.94. The third-order valence-corrected chi connectivity index (χ3v) is 5.01. The van der Waals surface area contributed by atoms with Crippen molar-refractivity contribution in [1.29, 1.82) is 0 Å². The molecule has 0 radical (unpaired) electrons. The van der Waals surface area contributed by atoms with Crippen molar-refractivity contribution in [3.8, 4) is 0 Å². The van der Waals surface area contributed by atoms with Crippen LogP contribution in [0.1, 0.15) is 47.6 Å². The molecule has 0 unspecified atom stereocenters. The van der Waals surface area contributed by atoms with Gasteiger partial charge in [-0.25, -0.2) is 9.98 Å². The number of imidazole rings is 1. The van der Waals surface area contributed by atoms with Crippen LogP contribution in [-0.4, -0.2) is 21.0 Å². The molecule has 3 rings (SSSR count). The van der Waals surface area contributed by atoms with Gasteiger partial charge in [0.25, 0.3) is 0 Å². The van der Waals surface area contributed by atoms with Gasteiger partial charge in [0.05, 0.1) is 22.8 Å². The Labute approximate surface area is 167 Å². The molecular weight excluding hydrogens is 344 g/mol. The van der Waals surface area contributed by atoms with Gasteiger partial charge in [0.1, 0.15) is 5.69 Å². The average molecular weight is 373 g/mol. The largest absolute Gasteiger partial charge is 0.332 e.